The van der Waals surface area contributed by atoms with E-state index in [4.69, 9.17) is 0 Å². The third-order valence-electron chi connectivity index (χ3n) is 3.20. The predicted octanol–water partition coefficient (Wildman–Crippen LogP) is 3.05. The van der Waals surface area contributed by atoms with Crippen molar-refractivity contribution in [3.63, 3.8) is 0 Å². The second-order valence-corrected chi connectivity index (χ2v) is 6.91. The first kappa shape index (κ1) is 15.6. The van der Waals surface area contributed by atoms with E-state index in [1.807, 2.05) is 5.51 Å². The Balaban J connectivity index is 2.52. The molecule has 0 aliphatic carbocycles. The highest BCUT2D eigenvalue weighted by molar-refractivity contribution is 7.09. The summed E-state index contributed by atoms with van der Waals surface area (Å²) in [5, 5.41) is 3.59. The molecule has 0 amide bonds. The van der Waals surface area contributed by atoms with Crippen LogP contribution in [0.25, 0.3) is 0 Å². The van der Waals surface area contributed by atoms with Crippen LogP contribution < -0.4 is 5.32 Å². The SMILES string of the molecule is CCC(CNC(C)(C)C)N(C)Cc1scnc1C. The molecule has 0 fully saturated rings. The molecule has 0 aromatic carbocycles. The topological polar surface area (TPSA) is 28.2 Å². The van der Waals surface area contributed by atoms with Crippen LogP contribution >= 0.6 is 11.3 Å². The number of rotatable bonds is 6. The molecule has 0 aliphatic rings. The second-order valence-electron chi connectivity index (χ2n) is 5.97. The fraction of sp³-hybridized carbons (Fsp3) is 0.786. The molecule has 1 unspecified atom stereocenters. The highest BCUT2D eigenvalue weighted by atomic mass is 32.1. The predicted molar refractivity (Wildman–Crippen MR) is 80.2 cm³/mol. The average Bonchev–Trinajstić information content (AvgIpc) is 2.63. The molecule has 3 nitrogen and oxygen atoms in total. The van der Waals surface area contributed by atoms with Gasteiger partial charge in [-0.2, -0.15) is 0 Å². The number of aromatic nitrogens is 1. The van der Waals surface area contributed by atoms with Crippen molar-refractivity contribution in [3.8, 4) is 0 Å². The fourth-order valence-corrected chi connectivity index (χ4v) is 2.71. The minimum atomic E-state index is 0.189. The van der Waals surface area contributed by atoms with Gasteiger partial charge < -0.3 is 5.32 Å². The number of nitrogens with one attached hydrogen (secondary N) is 1. The van der Waals surface area contributed by atoms with Gasteiger partial charge in [-0.3, -0.25) is 4.90 Å². The third-order valence-corrected chi connectivity index (χ3v) is 4.12. The van der Waals surface area contributed by atoms with E-state index in [-0.39, 0.29) is 5.54 Å². The van der Waals surface area contributed by atoms with Crippen LogP contribution in [-0.2, 0) is 6.54 Å². The van der Waals surface area contributed by atoms with Gasteiger partial charge in [0.15, 0.2) is 0 Å². The Labute approximate surface area is 116 Å². The summed E-state index contributed by atoms with van der Waals surface area (Å²) in [6, 6.07) is 0.575. The van der Waals surface area contributed by atoms with Gasteiger partial charge in [0, 0.05) is 29.5 Å². The molecule has 1 aromatic heterocycles. The van der Waals surface area contributed by atoms with Crippen LogP contribution in [0.5, 0.6) is 0 Å². The van der Waals surface area contributed by atoms with E-state index in [0.717, 1.165) is 19.5 Å². The van der Waals surface area contributed by atoms with Crippen LogP contribution in [0.3, 0.4) is 0 Å². The number of nitrogens with zero attached hydrogens (tertiary/aromatic N) is 2. The van der Waals surface area contributed by atoms with E-state index in [2.05, 4.69) is 56.9 Å². The van der Waals surface area contributed by atoms with Crippen molar-refractivity contribution in [2.45, 2.75) is 59.2 Å². The normalized spacial score (nSPS) is 14.2. The van der Waals surface area contributed by atoms with Crippen LogP contribution in [0.4, 0.5) is 0 Å². The Hall–Kier alpha value is -0.450. The van der Waals surface area contributed by atoms with Crippen LogP contribution in [0.15, 0.2) is 5.51 Å². The van der Waals surface area contributed by atoms with Crippen molar-refractivity contribution in [1.82, 2.24) is 15.2 Å². The summed E-state index contributed by atoms with van der Waals surface area (Å²) in [6.45, 7) is 13.0. The standard InChI is InChI=1S/C14H27N3S/c1-7-12(8-16-14(3,4)5)17(6)9-13-11(2)15-10-18-13/h10,12,16H,7-9H2,1-6H3. The lowest BCUT2D eigenvalue weighted by Gasteiger charge is -2.30. The van der Waals surface area contributed by atoms with Crippen LogP contribution in [0.1, 0.15) is 44.7 Å². The highest BCUT2D eigenvalue weighted by Gasteiger charge is 2.17. The van der Waals surface area contributed by atoms with Gasteiger partial charge in [0.2, 0.25) is 0 Å². The lowest BCUT2D eigenvalue weighted by Crippen LogP contribution is -2.46. The molecular formula is C14H27N3S. The van der Waals surface area contributed by atoms with E-state index < -0.39 is 0 Å². The summed E-state index contributed by atoms with van der Waals surface area (Å²) in [6.07, 6.45) is 1.16. The van der Waals surface area contributed by atoms with Crippen molar-refractivity contribution in [3.05, 3.63) is 16.1 Å². The molecule has 18 heavy (non-hydrogen) atoms. The number of aryl methyl sites for hydroxylation is 1. The largest absolute Gasteiger partial charge is 0.311 e. The van der Waals surface area contributed by atoms with Crippen molar-refractivity contribution in [2.24, 2.45) is 0 Å². The maximum atomic E-state index is 4.32. The summed E-state index contributed by atoms with van der Waals surface area (Å²) in [7, 11) is 2.21. The molecule has 1 rings (SSSR count). The molecule has 1 aromatic rings. The van der Waals surface area contributed by atoms with E-state index in [1.165, 1.54) is 10.6 Å². The number of hydrogen-bond donors (Lipinski definition) is 1. The molecule has 1 atom stereocenters. The average molecular weight is 269 g/mol. The molecular weight excluding hydrogens is 242 g/mol. The molecule has 0 aliphatic heterocycles. The van der Waals surface area contributed by atoms with Crippen LogP contribution in [0.2, 0.25) is 0 Å². The van der Waals surface area contributed by atoms with Crippen LogP contribution in [-0.4, -0.2) is 35.1 Å². The molecule has 0 saturated carbocycles. The molecule has 1 heterocycles. The lowest BCUT2D eigenvalue weighted by atomic mass is 10.1. The van der Waals surface area contributed by atoms with E-state index >= 15 is 0 Å². The Morgan fingerprint density at radius 1 is 1.44 bits per heavy atom. The summed E-state index contributed by atoms with van der Waals surface area (Å²) in [5.74, 6) is 0. The lowest BCUT2D eigenvalue weighted by molar-refractivity contribution is 0.210. The minimum absolute atomic E-state index is 0.189. The molecule has 0 bridgehead atoms. The monoisotopic (exact) mass is 269 g/mol. The van der Waals surface area contributed by atoms with Gasteiger partial charge in [-0.25, -0.2) is 4.98 Å². The zero-order valence-corrected chi connectivity index (χ0v) is 13.4. The molecule has 104 valence electrons. The smallest absolute Gasteiger partial charge is 0.0798 e. The summed E-state index contributed by atoms with van der Waals surface area (Å²) in [4.78, 5) is 8.13. The van der Waals surface area contributed by atoms with Gasteiger partial charge in [0.1, 0.15) is 0 Å². The van der Waals surface area contributed by atoms with E-state index in [1.54, 1.807) is 11.3 Å². The Bertz CT molecular complexity index is 354. The minimum Gasteiger partial charge on any atom is -0.311 e. The van der Waals surface area contributed by atoms with Crippen molar-refractivity contribution in [1.29, 1.82) is 0 Å². The summed E-state index contributed by atoms with van der Waals surface area (Å²) in [5.41, 5.74) is 3.30. The zero-order valence-electron chi connectivity index (χ0n) is 12.6. The van der Waals surface area contributed by atoms with Gasteiger partial charge in [0.05, 0.1) is 11.2 Å². The Kier molecular flexibility index (Phi) is 5.76. The molecule has 0 saturated heterocycles. The number of thiazole rings is 1. The number of hydrogen-bond acceptors (Lipinski definition) is 4. The van der Waals surface area contributed by atoms with Gasteiger partial charge >= 0.3 is 0 Å². The van der Waals surface area contributed by atoms with Gasteiger partial charge in [0.25, 0.3) is 0 Å². The summed E-state index contributed by atoms with van der Waals surface area (Å²) >= 11 is 1.76. The van der Waals surface area contributed by atoms with Crippen molar-refractivity contribution in [2.75, 3.05) is 13.6 Å². The van der Waals surface area contributed by atoms with Gasteiger partial charge in [-0.1, -0.05) is 6.92 Å². The molecule has 0 radical (unpaired) electrons. The van der Waals surface area contributed by atoms with Crippen molar-refractivity contribution < 1.29 is 0 Å². The highest BCUT2D eigenvalue weighted by Crippen LogP contribution is 2.16. The molecule has 1 N–H and O–H groups in total. The fourth-order valence-electron chi connectivity index (χ4n) is 1.87. The van der Waals surface area contributed by atoms with Gasteiger partial charge in [-0.05, 0) is 41.2 Å². The molecule has 0 spiro atoms. The Morgan fingerprint density at radius 2 is 2.11 bits per heavy atom. The zero-order chi connectivity index (χ0) is 13.8. The first-order valence-electron chi connectivity index (χ1n) is 6.67. The van der Waals surface area contributed by atoms with E-state index in [0.29, 0.717) is 6.04 Å². The second kappa shape index (κ2) is 6.64. The van der Waals surface area contributed by atoms with Crippen LogP contribution in [0, 0.1) is 6.92 Å². The number of likely N-dealkylation sites (N-methyl/N-ethyl adjacent to an activating group) is 1. The first-order valence-corrected chi connectivity index (χ1v) is 7.55. The van der Waals surface area contributed by atoms with E-state index in [9.17, 15) is 0 Å². The molecule has 4 heteroatoms. The third kappa shape index (κ3) is 5.04. The van der Waals surface area contributed by atoms with Crippen molar-refractivity contribution >= 4 is 11.3 Å². The summed E-state index contributed by atoms with van der Waals surface area (Å²) < 4.78 is 0. The van der Waals surface area contributed by atoms with Gasteiger partial charge in [-0.15, -0.1) is 11.3 Å². The Morgan fingerprint density at radius 3 is 2.56 bits per heavy atom. The maximum absolute atomic E-state index is 4.32. The first-order chi connectivity index (χ1) is 8.33. The quantitative estimate of drug-likeness (QED) is 0.860. The maximum Gasteiger partial charge on any atom is 0.0798 e.